The van der Waals surface area contributed by atoms with E-state index in [-0.39, 0.29) is 5.92 Å². The molecule has 1 saturated heterocycles. The largest absolute Gasteiger partial charge is 0.363 e. The van der Waals surface area contributed by atoms with E-state index in [0.717, 1.165) is 57.2 Å². The van der Waals surface area contributed by atoms with Crippen LogP contribution < -0.4 is 9.80 Å². The predicted molar refractivity (Wildman–Crippen MR) is 107 cm³/mol. The van der Waals surface area contributed by atoms with Gasteiger partial charge in [0.05, 0.1) is 0 Å². The topological polar surface area (TPSA) is 52.6 Å². The van der Waals surface area contributed by atoms with Gasteiger partial charge >= 0.3 is 0 Å². The molecule has 2 aliphatic rings. The van der Waals surface area contributed by atoms with Crippen molar-refractivity contribution in [1.29, 1.82) is 0 Å². The van der Waals surface area contributed by atoms with E-state index in [4.69, 9.17) is 0 Å². The summed E-state index contributed by atoms with van der Waals surface area (Å²) < 4.78 is 0. The van der Waals surface area contributed by atoms with Crippen LogP contribution in [0.4, 0.5) is 11.8 Å². The number of benzene rings is 1. The van der Waals surface area contributed by atoms with Crippen LogP contribution in [0.3, 0.4) is 0 Å². The highest BCUT2D eigenvalue weighted by molar-refractivity contribution is 5.79. The van der Waals surface area contributed by atoms with Crippen LogP contribution in [0.1, 0.15) is 24.0 Å². The number of hydrogen-bond acceptors (Lipinski definition) is 5. The zero-order valence-corrected chi connectivity index (χ0v) is 16.1. The Morgan fingerprint density at radius 2 is 1.81 bits per heavy atom. The number of fused-ring (bicyclic) bond motifs is 1. The molecule has 27 heavy (non-hydrogen) atoms. The highest BCUT2D eigenvalue weighted by atomic mass is 16.2. The molecule has 0 unspecified atom stereocenters. The van der Waals surface area contributed by atoms with Crippen molar-refractivity contribution < 1.29 is 4.79 Å². The third-order valence-corrected chi connectivity index (χ3v) is 5.66. The minimum atomic E-state index is 0.114. The molecule has 6 nitrogen and oxygen atoms in total. The molecule has 0 saturated carbocycles. The smallest absolute Gasteiger partial charge is 0.227 e. The Balaban J connectivity index is 1.37. The lowest BCUT2D eigenvalue weighted by molar-refractivity contribution is -0.137. The first-order chi connectivity index (χ1) is 13.1. The highest BCUT2D eigenvalue weighted by Gasteiger charge is 2.31. The lowest BCUT2D eigenvalue weighted by Gasteiger charge is -2.36. The fourth-order valence-electron chi connectivity index (χ4n) is 4.01. The fraction of sp³-hybridized carbons (Fsp3) is 0.476. The number of nitrogens with zero attached hydrogens (tertiary/aromatic N) is 5. The Morgan fingerprint density at radius 1 is 1.07 bits per heavy atom. The van der Waals surface area contributed by atoms with Crippen LogP contribution in [0.2, 0.25) is 0 Å². The first-order valence-electron chi connectivity index (χ1n) is 9.72. The molecule has 1 aromatic carbocycles. The maximum atomic E-state index is 13.0. The van der Waals surface area contributed by atoms with Gasteiger partial charge in [0.25, 0.3) is 0 Å². The molecule has 0 atom stereocenters. The van der Waals surface area contributed by atoms with E-state index in [1.807, 2.05) is 30.0 Å². The maximum absolute atomic E-state index is 13.0. The zero-order valence-electron chi connectivity index (χ0n) is 16.1. The number of hydrogen-bond donors (Lipinski definition) is 0. The molecule has 0 spiro atoms. The molecule has 0 bridgehead atoms. The predicted octanol–water partition coefficient (Wildman–Crippen LogP) is 2.34. The standard InChI is InChI=1S/C21H27N5O/c1-24(2)19-7-11-22-21(23-19)25-12-9-17(10-13-25)20(27)26-14-8-16-5-3-4-6-18(16)15-26/h3-7,11,17H,8-10,12-15H2,1-2H3. The molecule has 0 aliphatic carbocycles. The van der Waals surface area contributed by atoms with Crippen LogP contribution in [0.15, 0.2) is 36.5 Å². The first kappa shape index (κ1) is 17.8. The highest BCUT2D eigenvalue weighted by Crippen LogP contribution is 2.26. The summed E-state index contributed by atoms with van der Waals surface area (Å²) >= 11 is 0. The number of carbonyl (C=O) groups excluding carboxylic acids is 1. The number of rotatable bonds is 3. The second-order valence-electron chi connectivity index (χ2n) is 7.65. The maximum Gasteiger partial charge on any atom is 0.227 e. The van der Waals surface area contributed by atoms with Gasteiger partial charge in [-0.25, -0.2) is 4.98 Å². The van der Waals surface area contributed by atoms with Gasteiger partial charge in [0.1, 0.15) is 5.82 Å². The molecule has 0 N–H and O–H groups in total. The van der Waals surface area contributed by atoms with E-state index in [0.29, 0.717) is 5.91 Å². The van der Waals surface area contributed by atoms with Crippen LogP contribution in [-0.2, 0) is 17.8 Å². The van der Waals surface area contributed by atoms with Gasteiger partial charge in [-0.15, -0.1) is 0 Å². The quantitative estimate of drug-likeness (QED) is 0.836. The summed E-state index contributed by atoms with van der Waals surface area (Å²) in [7, 11) is 3.96. The normalized spacial score (nSPS) is 17.6. The lowest BCUT2D eigenvalue weighted by atomic mass is 9.93. The molecular formula is C21H27N5O. The fourth-order valence-corrected chi connectivity index (χ4v) is 4.01. The van der Waals surface area contributed by atoms with E-state index in [1.54, 1.807) is 6.20 Å². The van der Waals surface area contributed by atoms with Crippen molar-refractivity contribution in [2.24, 2.45) is 5.92 Å². The summed E-state index contributed by atoms with van der Waals surface area (Å²) in [6, 6.07) is 10.4. The van der Waals surface area contributed by atoms with Gasteiger partial charge < -0.3 is 14.7 Å². The zero-order chi connectivity index (χ0) is 18.8. The van der Waals surface area contributed by atoms with Crippen molar-refractivity contribution in [1.82, 2.24) is 14.9 Å². The molecule has 1 aromatic heterocycles. The Bertz CT molecular complexity index is 814. The molecule has 3 heterocycles. The summed E-state index contributed by atoms with van der Waals surface area (Å²) in [6.45, 7) is 3.25. The van der Waals surface area contributed by atoms with Crippen molar-refractivity contribution in [2.45, 2.75) is 25.8 Å². The summed E-state index contributed by atoms with van der Waals surface area (Å²) in [5, 5.41) is 0. The van der Waals surface area contributed by atoms with Crippen molar-refractivity contribution in [3.8, 4) is 0 Å². The monoisotopic (exact) mass is 365 g/mol. The number of carbonyl (C=O) groups is 1. The van der Waals surface area contributed by atoms with Crippen LogP contribution in [0.25, 0.3) is 0 Å². The molecule has 6 heteroatoms. The minimum Gasteiger partial charge on any atom is -0.363 e. The minimum absolute atomic E-state index is 0.114. The average molecular weight is 365 g/mol. The molecular weight excluding hydrogens is 338 g/mol. The summed E-state index contributed by atoms with van der Waals surface area (Å²) in [5.41, 5.74) is 2.68. The van der Waals surface area contributed by atoms with Gasteiger partial charge in [-0.05, 0) is 36.5 Å². The Kier molecular flexibility index (Phi) is 4.97. The number of piperidine rings is 1. The van der Waals surface area contributed by atoms with Crippen LogP contribution in [-0.4, -0.2) is 54.5 Å². The molecule has 1 amide bonds. The molecule has 142 valence electrons. The van der Waals surface area contributed by atoms with Crippen LogP contribution in [0, 0.1) is 5.92 Å². The van der Waals surface area contributed by atoms with Gasteiger partial charge in [-0.2, -0.15) is 4.98 Å². The van der Waals surface area contributed by atoms with E-state index in [1.165, 1.54) is 11.1 Å². The van der Waals surface area contributed by atoms with E-state index in [2.05, 4.69) is 39.1 Å². The molecule has 1 fully saturated rings. The Labute approximate surface area is 160 Å². The second-order valence-corrected chi connectivity index (χ2v) is 7.65. The Hall–Kier alpha value is -2.63. The van der Waals surface area contributed by atoms with Gasteiger partial charge in [0.15, 0.2) is 0 Å². The van der Waals surface area contributed by atoms with Crippen molar-refractivity contribution >= 4 is 17.7 Å². The van der Waals surface area contributed by atoms with E-state index in [9.17, 15) is 4.79 Å². The average Bonchev–Trinajstić information content (AvgIpc) is 2.73. The number of aromatic nitrogens is 2. The van der Waals surface area contributed by atoms with Gasteiger partial charge in [-0.3, -0.25) is 4.79 Å². The Morgan fingerprint density at radius 3 is 2.56 bits per heavy atom. The van der Waals surface area contributed by atoms with Gasteiger partial charge in [-0.1, -0.05) is 24.3 Å². The lowest BCUT2D eigenvalue weighted by Crippen LogP contribution is -2.44. The molecule has 0 radical (unpaired) electrons. The van der Waals surface area contributed by atoms with Crippen molar-refractivity contribution in [3.05, 3.63) is 47.7 Å². The van der Waals surface area contributed by atoms with E-state index < -0.39 is 0 Å². The number of anilines is 2. The second kappa shape index (κ2) is 7.55. The summed E-state index contributed by atoms with van der Waals surface area (Å²) in [6.07, 6.45) is 4.51. The van der Waals surface area contributed by atoms with Crippen molar-refractivity contribution in [3.63, 3.8) is 0 Å². The van der Waals surface area contributed by atoms with Crippen LogP contribution in [0.5, 0.6) is 0 Å². The van der Waals surface area contributed by atoms with Crippen molar-refractivity contribution in [2.75, 3.05) is 43.5 Å². The summed E-state index contributed by atoms with van der Waals surface area (Å²) in [4.78, 5) is 28.3. The molecule has 2 aromatic rings. The molecule has 4 rings (SSSR count). The van der Waals surface area contributed by atoms with E-state index >= 15 is 0 Å². The summed E-state index contributed by atoms with van der Waals surface area (Å²) in [5.74, 6) is 2.10. The number of amides is 1. The SMILES string of the molecule is CN(C)c1ccnc(N2CCC(C(=O)N3CCc4ccccc4C3)CC2)n1. The third-order valence-electron chi connectivity index (χ3n) is 5.66. The van der Waals surface area contributed by atoms with Gasteiger partial charge in [0, 0.05) is 52.4 Å². The molecule has 2 aliphatic heterocycles. The third kappa shape index (κ3) is 3.75. The first-order valence-corrected chi connectivity index (χ1v) is 9.72. The van der Waals surface area contributed by atoms with Gasteiger partial charge in [0.2, 0.25) is 11.9 Å². The van der Waals surface area contributed by atoms with Crippen LogP contribution >= 0.6 is 0 Å².